The van der Waals surface area contributed by atoms with Gasteiger partial charge in [-0.2, -0.15) is 5.26 Å². The summed E-state index contributed by atoms with van der Waals surface area (Å²) in [6.07, 6.45) is 0.645. The molecular weight excluding hydrogens is 176 g/mol. The van der Waals surface area contributed by atoms with E-state index in [9.17, 15) is 0 Å². The predicted octanol–water partition coefficient (Wildman–Crippen LogP) is 1.95. The molecule has 0 saturated carbocycles. The van der Waals surface area contributed by atoms with Crippen LogP contribution in [-0.2, 0) is 6.42 Å². The first kappa shape index (κ1) is 8.89. The van der Waals surface area contributed by atoms with Crippen LogP contribution >= 0.6 is 0 Å². The van der Waals surface area contributed by atoms with Crippen molar-refractivity contribution in [3.8, 4) is 11.8 Å². The number of benzene rings is 1. The van der Waals surface area contributed by atoms with E-state index in [0.29, 0.717) is 6.54 Å². The van der Waals surface area contributed by atoms with Crippen molar-refractivity contribution in [2.75, 3.05) is 11.9 Å². The van der Waals surface area contributed by atoms with Crippen LogP contribution in [0.2, 0.25) is 0 Å². The molecule has 0 aliphatic carbocycles. The summed E-state index contributed by atoms with van der Waals surface area (Å²) in [6, 6.07) is 8.11. The van der Waals surface area contributed by atoms with Crippen LogP contribution in [-0.4, -0.2) is 12.6 Å². The number of fused-ring (bicyclic) bond motifs is 1. The van der Waals surface area contributed by atoms with Crippen molar-refractivity contribution in [1.82, 2.24) is 0 Å². The van der Waals surface area contributed by atoms with Crippen LogP contribution in [0, 0.1) is 11.3 Å². The SMILES string of the molecule is CCc1ccc2c(c1)NCC(C#N)O2. The highest BCUT2D eigenvalue weighted by Gasteiger charge is 2.18. The number of nitrogens with one attached hydrogen (secondary N) is 1. The van der Waals surface area contributed by atoms with Crippen LogP contribution < -0.4 is 10.1 Å². The second-order valence-corrected chi connectivity index (χ2v) is 3.30. The third-order valence-corrected chi connectivity index (χ3v) is 2.34. The average Bonchev–Trinajstić information content (AvgIpc) is 2.27. The minimum atomic E-state index is -0.366. The van der Waals surface area contributed by atoms with Gasteiger partial charge in [-0.1, -0.05) is 13.0 Å². The zero-order valence-corrected chi connectivity index (χ0v) is 8.08. The Hall–Kier alpha value is -1.69. The fourth-order valence-corrected chi connectivity index (χ4v) is 1.51. The molecule has 1 aliphatic heterocycles. The van der Waals surface area contributed by atoms with E-state index in [-0.39, 0.29) is 6.10 Å². The van der Waals surface area contributed by atoms with Crippen LogP contribution in [0.5, 0.6) is 5.75 Å². The normalized spacial score (nSPS) is 18.7. The molecule has 1 aliphatic rings. The molecule has 1 heterocycles. The van der Waals surface area contributed by atoms with Crippen molar-refractivity contribution in [2.24, 2.45) is 0 Å². The van der Waals surface area contributed by atoms with Crippen molar-refractivity contribution in [2.45, 2.75) is 19.4 Å². The quantitative estimate of drug-likeness (QED) is 0.732. The number of hydrogen-bond acceptors (Lipinski definition) is 3. The van der Waals surface area contributed by atoms with Gasteiger partial charge in [-0.25, -0.2) is 0 Å². The molecule has 2 rings (SSSR count). The van der Waals surface area contributed by atoms with Gasteiger partial charge in [-0.05, 0) is 24.1 Å². The molecule has 1 N–H and O–H groups in total. The molecule has 0 fully saturated rings. The number of nitrogens with zero attached hydrogens (tertiary/aromatic N) is 1. The summed E-state index contributed by atoms with van der Waals surface area (Å²) in [5, 5.41) is 11.9. The third kappa shape index (κ3) is 1.51. The van der Waals surface area contributed by atoms with Crippen molar-refractivity contribution in [1.29, 1.82) is 5.26 Å². The van der Waals surface area contributed by atoms with Gasteiger partial charge in [0.25, 0.3) is 0 Å². The molecular formula is C11H12N2O. The number of anilines is 1. The molecule has 0 saturated heterocycles. The summed E-state index contributed by atoms with van der Waals surface area (Å²) >= 11 is 0. The lowest BCUT2D eigenvalue weighted by atomic mass is 10.1. The lowest BCUT2D eigenvalue weighted by Gasteiger charge is -2.23. The molecule has 1 atom stereocenters. The van der Waals surface area contributed by atoms with Gasteiger partial charge in [-0.15, -0.1) is 0 Å². The third-order valence-electron chi connectivity index (χ3n) is 2.34. The minimum absolute atomic E-state index is 0.366. The second-order valence-electron chi connectivity index (χ2n) is 3.30. The molecule has 72 valence electrons. The first-order valence-electron chi connectivity index (χ1n) is 4.76. The highest BCUT2D eigenvalue weighted by molar-refractivity contribution is 5.60. The second kappa shape index (κ2) is 3.59. The van der Waals surface area contributed by atoms with E-state index in [4.69, 9.17) is 10.00 Å². The van der Waals surface area contributed by atoms with Gasteiger partial charge in [0.2, 0.25) is 6.10 Å². The Morgan fingerprint density at radius 2 is 2.50 bits per heavy atom. The molecule has 0 radical (unpaired) electrons. The van der Waals surface area contributed by atoms with E-state index in [1.165, 1.54) is 5.56 Å². The molecule has 1 aromatic carbocycles. The molecule has 0 spiro atoms. The Kier molecular flexibility index (Phi) is 2.28. The maximum absolute atomic E-state index is 8.70. The van der Waals surface area contributed by atoms with E-state index in [2.05, 4.69) is 24.4 Å². The molecule has 0 amide bonds. The Balaban J connectivity index is 2.29. The van der Waals surface area contributed by atoms with Gasteiger partial charge < -0.3 is 10.1 Å². The maximum atomic E-state index is 8.70. The summed E-state index contributed by atoms with van der Waals surface area (Å²) in [5.74, 6) is 0.778. The lowest BCUT2D eigenvalue weighted by Crippen LogP contribution is -2.29. The predicted molar refractivity (Wildman–Crippen MR) is 54.3 cm³/mol. The number of rotatable bonds is 1. The van der Waals surface area contributed by atoms with E-state index in [1.807, 2.05) is 12.1 Å². The first-order valence-corrected chi connectivity index (χ1v) is 4.76. The zero-order chi connectivity index (χ0) is 9.97. The van der Waals surface area contributed by atoms with Crippen molar-refractivity contribution < 1.29 is 4.74 Å². The summed E-state index contributed by atoms with van der Waals surface area (Å²) in [5.41, 5.74) is 2.27. The van der Waals surface area contributed by atoms with Crippen LogP contribution in [0.1, 0.15) is 12.5 Å². The summed E-state index contributed by atoms with van der Waals surface area (Å²) in [6.45, 7) is 2.68. The maximum Gasteiger partial charge on any atom is 0.201 e. The van der Waals surface area contributed by atoms with E-state index in [0.717, 1.165) is 17.9 Å². The highest BCUT2D eigenvalue weighted by atomic mass is 16.5. The fourth-order valence-electron chi connectivity index (χ4n) is 1.51. The summed E-state index contributed by atoms with van der Waals surface area (Å²) in [7, 11) is 0. The Bertz CT molecular complexity index is 381. The molecule has 3 heteroatoms. The van der Waals surface area contributed by atoms with E-state index >= 15 is 0 Å². The molecule has 1 unspecified atom stereocenters. The summed E-state index contributed by atoms with van der Waals surface area (Å²) < 4.78 is 5.46. The first-order chi connectivity index (χ1) is 6.83. The number of ether oxygens (including phenoxy) is 1. The van der Waals surface area contributed by atoms with Crippen LogP contribution in [0.4, 0.5) is 5.69 Å². The minimum Gasteiger partial charge on any atom is -0.472 e. The van der Waals surface area contributed by atoms with Gasteiger partial charge in [0.05, 0.1) is 12.2 Å². The molecule has 14 heavy (non-hydrogen) atoms. The number of aryl methyl sites for hydroxylation is 1. The smallest absolute Gasteiger partial charge is 0.201 e. The van der Waals surface area contributed by atoms with E-state index < -0.39 is 0 Å². The average molecular weight is 188 g/mol. The van der Waals surface area contributed by atoms with Crippen molar-refractivity contribution >= 4 is 5.69 Å². The van der Waals surface area contributed by atoms with Gasteiger partial charge in [0.15, 0.2) is 0 Å². The Morgan fingerprint density at radius 1 is 1.64 bits per heavy atom. The van der Waals surface area contributed by atoms with Crippen molar-refractivity contribution in [3.05, 3.63) is 23.8 Å². The van der Waals surface area contributed by atoms with Crippen molar-refractivity contribution in [3.63, 3.8) is 0 Å². The van der Waals surface area contributed by atoms with E-state index in [1.54, 1.807) is 0 Å². The lowest BCUT2D eigenvalue weighted by molar-refractivity contribution is 0.259. The number of hydrogen-bond donors (Lipinski definition) is 1. The molecule has 1 aromatic rings. The largest absolute Gasteiger partial charge is 0.472 e. The Labute approximate surface area is 83.3 Å². The molecule has 0 aromatic heterocycles. The standard InChI is InChI=1S/C11H12N2O/c1-2-8-3-4-11-10(5-8)13-7-9(6-12)14-11/h3-5,9,13H,2,7H2,1H3. The van der Waals surface area contributed by atoms with Crippen LogP contribution in [0.15, 0.2) is 18.2 Å². The van der Waals surface area contributed by atoms with Gasteiger partial charge in [0.1, 0.15) is 11.8 Å². The highest BCUT2D eigenvalue weighted by Crippen LogP contribution is 2.29. The van der Waals surface area contributed by atoms with Crippen LogP contribution in [0.3, 0.4) is 0 Å². The Morgan fingerprint density at radius 3 is 3.21 bits per heavy atom. The zero-order valence-electron chi connectivity index (χ0n) is 8.08. The number of nitriles is 1. The molecule has 3 nitrogen and oxygen atoms in total. The fraction of sp³-hybridized carbons (Fsp3) is 0.364. The van der Waals surface area contributed by atoms with Gasteiger partial charge in [0, 0.05) is 0 Å². The monoisotopic (exact) mass is 188 g/mol. The molecule has 0 bridgehead atoms. The topological polar surface area (TPSA) is 45.0 Å². The van der Waals surface area contributed by atoms with Crippen LogP contribution in [0.25, 0.3) is 0 Å². The summed E-state index contributed by atoms with van der Waals surface area (Å²) in [4.78, 5) is 0. The van der Waals surface area contributed by atoms with Gasteiger partial charge in [-0.3, -0.25) is 0 Å². The van der Waals surface area contributed by atoms with Gasteiger partial charge >= 0.3 is 0 Å².